The molecule has 0 spiro atoms. The fourth-order valence-electron chi connectivity index (χ4n) is 4.02. The van der Waals surface area contributed by atoms with Crippen molar-refractivity contribution < 1.29 is 28.0 Å². The van der Waals surface area contributed by atoms with E-state index < -0.39 is 23.7 Å². The Hall–Kier alpha value is -4.27. The highest BCUT2D eigenvalue weighted by Gasteiger charge is 2.30. The van der Waals surface area contributed by atoms with Gasteiger partial charge < -0.3 is 19.4 Å². The van der Waals surface area contributed by atoms with Crippen LogP contribution in [0.3, 0.4) is 0 Å². The van der Waals surface area contributed by atoms with E-state index in [2.05, 4.69) is 29.3 Å². The number of carbonyl (C=O) groups excluding carboxylic acids is 1. The summed E-state index contributed by atoms with van der Waals surface area (Å²) in [6, 6.07) is 13.9. The third kappa shape index (κ3) is 5.45. The van der Waals surface area contributed by atoms with Crippen LogP contribution in [0, 0.1) is 5.82 Å². The van der Waals surface area contributed by atoms with E-state index in [4.69, 9.17) is 8.94 Å². The van der Waals surface area contributed by atoms with E-state index in [1.165, 1.54) is 29.8 Å². The molecular weight excluding hydrogens is 477 g/mol. The van der Waals surface area contributed by atoms with E-state index in [-0.39, 0.29) is 29.5 Å². The summed E-state index contributed by atoms with van der Waals surface area (Å²) in [5.41, 5.74) is 2.60. The van der Waals surface area contributed by atoms with Crippen LogP contribution in [0.2, 0.25) is 0 Å². The Labute approximate surface area is 212 Å². The molecule has 1 saturated carbocycles. The molecule has 1 amide bonds. The Balaban J connectivity index is 1.29. The molecule has 8 nitrogen and oxygen atoms in total. The largest absolute Gasteiger partial charge is 0.480 e. The number of benzene rings is 2. The molecule has 0 aliphatic heterocycles. The first kappa shape index (κ1) is 24.4. The zero-order valence-corrected chi connectivity index (χ0v) is 20.4. The van der Waals surface area contributed by atoms with Crippen molar-refractivity contribution in [2.24, 2.45) is 0 Å². The van der Waals surface area contributed by atoms with Gasteiger partial charge in [0.15, 0.2) is 5.76 Å². The molecule has 37 heavy (non-hydrogen) atoms. The van der Waals surface area contributed by atoms with Crippen LogP contribution in [-0.2, 0) is 11.2 Å². The van der Waals surface area contributed by atoms with Crippen LogP contribution in [-0.4, -0.2) is 33.2 Å². The standard InChI is InChI=1S/C28H26FN3O5/c1-15(2)17-4-6-18(7-5-17)23-11-12-24(36-23)26(33)30-22(28(34)35)14-16-3-10-21(29)20(13-16)25-31-27(37-32-25)19-8-9-19/h3-7,10-13,15,19,22H,8-9,14H2,1-2H3,(H,30,33)(H,34,35). The summed E-state index contributed by atoms with van der Waals surface area (Å²) in [5.74, 6) is -0.740. The molecule has 0 bridgehead atoms. The summed E-state index contributed by atoms with van der Waals surface area (Å²) >= 11 is 0. The number of furan rings is 1. The molecule has 0 saturated heterocycles. The van der Waals surface area contributed by atoms with E-state index in [0.29, 0.717) is 23.1 Å². The average molecular weight is 504 g/mol. The predicted octanol–water partition coefficient (Wildman–Crippen LogP) is 5.56. The molecule has 4 aromatic rings. The van der Waals surface area contributed by atoms with Crippen LogP contribution in [0.15, 0.2) is 63.5 Å². The van der Waals surface area contributed by atoms with Gasteiger partial charge in [0.1, 0.15) is 17.6 Å². The smallest absolute Gasteiger partial charge is 0.326 e. The number of rotatable bonds is 9. The van der Waals surface area contributed by atoms with Crippen molar-refractivity contribution in [2.45, 2.75) is 51.0 Å². The van der Waals surface area contributed by atoms with E-state index in [1.54, 1.807) is 6.07 Å². The summed E-state index contributed by atoms with van der Waals surface area (Å²) < 4.78 is 25.4. The Bertz CT molecular complexity index is 1440. The first-order valence-electron chi connectivity index (χ1n) is 12.1. The molecule has 2 aromatic carbocycles. The molecule has 1 fully saturated rings. The third-order valence-corrected chi connectivity index (χ3v) is 6.37. The normalized spacial score (nSPS) is 14.1. The number of carbonyl (C=O) groups is 2. The van der Waals surface area contributed by atoms with E-state index in [1.807, 2.05) is 24.3 Å². The summed E-state index contributed by atoms with van der Waals surface area (Å²) in [5, 5.41) is 16.1. The number of nitrogens with one attached hydrogen (secondary N) is 1. The van der Waals surface area contributed by atoms with Gasteiger partial charge in [-0.15, -0.1) is 0 Å². The first-order chi connectivity index (χ1) is 17.8. The molecule has 2 heterocycles. The lowest BCUT2D eigenvalue weighted by molar-refractivity contribution is -0.139. The van der Waals surface area contributed by atoms with Crippen LogP contribution >= 0.6 is 0 Å². The maximum Gasteiger partial charge on any atom is 0.326 e. The van der Waals surface area contributed by atoms with Gasteiger partial charge in [0.2, 0.25) is 11.7 Å². The van der Waals surface area contributed by atoms with Gasteiger partial charge in [-0.1, -0.05) is 49.3 Å². The predicted molar refractivity (Wildman–Crippen MR) is 132 cm³/mol. The number of halogens is 1. The number of aliphatic carboxylic acids is 1. The van der Waals surface area contributed by atoms with E-state index in [0.717, 1.165) is 18.4 Å². The minimum atomic E-state index is -1.27. The van der Waals surface area contributed by atoms with Gasteiger partial charge in [-0.3, -0.25) is 4.79 Å². The average Bonchev–Trinajstić information content (AvgIpc) is 3.40. The topological polar surface area (TPSA) is 118 Å². The highest BCUT2D eigenvalue weighted by molar-refractivity contribution is 5.94. The summed E-state index contributed by atoms with van der Waals surface area (Å²) in [6.45, 7) is 4.21. The van der Waals surface area contributed by atoms with Crippen LogP contribution in [0.25, 0.3) is 22.7 Å². The molecule has 5 rings (SSSR count). The number of carboxylic acid groups (broad SMARTS) is 1. The molecule has 190 valence electrons. The molecular formula is C28H26FN3O5. The van der Waals surface area contributed by atoms with Gasteiger partial charge in [0.05, 0.1) is 5.56 Å². The highest BCUT2D eigenvalue weighted by Crippen LogP contribution is 2.39. The van der Waals surface area contributed by atoms with E-state index >= 15 is 0 Å². The molecule has 1 aliphatic carbocycles. The maximum absolute atomic E-state index is 14.5. The Morgan fingerprint density at radius 3 is 2.54 bits per heavy atom. The maximum atomic E-state index is 14.5. The van der Waals surface area contributed by atoms with Crippen molar-refractivity contribution in [3.63, 3.8) is 0 Å². The zero-order valence-electron chi connectivity index (χ0n) is 20.4. The lowest BCUT2D eigenvalue weighted by Gasteiger charge is -2.14. The lowest BCUT2D eigenvalue weighted by Crippen LogP contribution is -2.42. The molecule has 2 N–H and O–H groups in total. The van der Waals surface area contributed by atoms with Crippen LogP contribution in [0.4, 0.5) is 4.39 Å². The van der Waals surface area contributed by atoms with Gasteiger partial charge in [-0.05, 0) is 54.2 Å². The number of amides is 1. The molecule has 0 radical (unpaired) electrons. The first-order valence-corrected chi connectivity index (χ1v) is 12.1. The highest BCUT2D eigenvalue weighted by atomic mass is 19.1. The SMILES string of the molecule is CC(C)c1ccc(-c2ccc(C(=O)NC(Cc3ccc(F)c(-c4noc(C5CC5)n4)c3)C(=O)O)o2)cc1. The van der Waals surface area contributed by atoms with Crippen molar-refractivity contribution in [2.75, 3.05) is 0 Å². The van der Waals surface area contributed by atoms with E-state index in [9.17, 15) is 19.1 Å². The molecule has 1 atom stereocenters. The fourth-order valence-corrected chi connectivity index (χ4v) is 4.02. The number of hydrogen-bond acceptors (Lipinski definition) is 6. The third-order valence-electron chi connectivity index (χ3n) is 6.37. The minimum absolute atomic E-state index is 0.00613. The molecule has 1 aliphatic rings. The minimum Gasteiger partial charge on any atom is -0.480 e. The van der Waals surface area contributed by atoms with Gasteiger partial charge in [0, 0.05) is 17.9 Å². The number of aromatic nitrogens is 2. The van der Waals surface area contributed by atoms with Crippen LogP contribution < -0.4 is 5.32 Å². The summed E-state index contributed by atoms with van der Waals surface area (Å²) in [7, 11) is 0. The van der Waals surface area contributed by atoms with Gasteiger partial charge in [-0.25, -0.2) is 9.18 Å². The second-order valence-electron chi connectivity index (χ2n) is 9.55. The van der Waals surface area contributed by atoms with Crippen molar-refractivity contribution in [1.29, 1.82) is 0 Å². The van der Waals surface area contributed by atoms with Crippen molar-refractivity contribution in [3.8, 4) is 22.7 Å². The van der Waals surface area contributed by atoms with Crippen LogP contribution in [0.1, 0.15) is 66.1 Å². The number of nitrogens with zero attached hydrogens (tertiary/aromatic N) is 2. The Kier molecular flexibility index (Phi) is 6.60. The van der Waals surface area contributed by atoms with Crippen LogP contribution in [0.5, 0.6) is 0 Å². The Morgan fingerprint density at radius 2 is 1.86 bits per heavy atom. The fraction of sp³-hybridized carbons (Fsp3) is 0.286. The molecule has 1 unspecified atom stereocenters. The summed E-state index contributed by atoms with van der Waals surface area (Å²) in [6.07, 6.45) is 1.85. The van der Waals surface area contributed by atoms with Gasteiger partial charge in [-0.2, -0.15) is 4.98 Å². The molecule has 9 heteroatoms. The van der Waals surface area contributed by atoms with Crippen molar-refractivity contribution in [3.05, 3.63) is 83.2 Å². The van der Waals surface area contributed by atoms with Crippen molar-refractivity contribution >= 4 is 11.9 Å². The second kappa shape index (κ2) is 10.0. The monoisotopic (exact) mass is 503 g/mol. The summed E-state index contributed by atoms with van der Waals surface area (Å²) in [4.78, 5) is 29.0. The van der Waals surface area contributed by atoms with Crippen molar-refractivity contribution in [1.82, 2.24) is 15.5 Å². The zero-order chi connectivity index (χ0) is 26.1. The molecule has 2 aromatic heterocycles. The van der Waals surface area contributed by atoms with Gasteiger partial charge >= 0.3 is 5.97 Å². The Morgan fingerprint density at radius 1 is 1.11 bits per heavy atom. The number of hydrogen-bond donors (Lipinski definition) is 2. The number of carboxylic acids is 1. The lowest BCUT2D eigenvalue weighted by atomic mass is 10.0. The van der Waals surface area contributed by atoms with Gasteiger partial charge in [0.25, 0.3) is 5.91 Å². The second-order valence-corrected chi connectivity index (χ2v) is 9.55. The quantitative estimate of drug-likeness (QED) is 0.307.